The number of hydrogen-bond donors (Lipinski definition) is 2. The van der Waals surface area contributed by atoms with Gasteiger partial charge in [-0.05, 0) is 48.6 Å². The number of hydrogen-bond acceptors (Lipinski definition) is 3. The summed E-state index contributed by atoms with van der Waals surface area (Å²) in [6, 6.07) is 4.84. The molecule has 0 aromatic heterocycles. The van der Waals surface area contributed by atoms with Crippen LogP contribution in [0.1, 0.15) is 18.9 Å². The molecule has 0 radical (unpaired) electrons. The van der Waals surface area contributed by atoms with Gasteiger partial charge >= 0.3 is 0 Å². The Balaban J connectivity index is 2.54. The predicted octanol–water partition coefficient (Wildman–Crippen LogP) is 3.05. The van der Waals surface area contributed by atoms with Crippen molar-refractivity contribution >= 4 is 17.4 Å². The van der Waals surface area contributed by atoms with Crippen molar-refractivity contribution in [2.75, 3.05) is 23.4 Å². The van der Waals surface area contributed by atoms with Crippen molar-refractivity contribution in [3.05, 3.63) is 29.6 Å². The van der Waals surface area contributed by atoms with Crippen LogP contribution >= 0.6 is 11.8 Å². The van der Waals surface area contributed by atoms with E-state index >= 15 is 0 Å². The first-order chi connectivity index (χ1) is 8.15. The van der Waals surface area contributed by atoms with E-state index in [1.165, 1.54) is 12.1 Å². The SMILES string of the molecule is CCSCCC(CO)Nc1cc(C)cc(F)c1. The Morgan fingerprint density at radius 1 is 1.41 bits per heavy atom. The van der Waals surface area contributed by atoms with Crippen LogP contribution in [0.3, 0.4) is 0 Å². The van der Waals surface area contributed by atoms with Gasteiger partial charge in [0.1, 0.15) is 5.82 Å². The Kier molecular flexibility index (Phi) is 6.37. The van der Waals surface area contributed by atoms with Crippen LogP contribution in [0.15, 0.2) is 18.2 Å². The van der Waals surface area contributed by atoms with E-state index in [-0.39, 0.29) is 18.5 Å². The van der Waals surface area contributed by atoms with Gasteiger partial charge in [-0.2, -0.15) is 11.8 Å². The number of benzene rings is 1. The van der Waals surface area contributed by atoms with E-state index in [0.29, 0.717) is 0 Å². The number of aryl methyl sites for hydroxylation is 1. The number of rotatable bonds is 7. The fourth-order valence-corrected chi connectivity index (χ4v) is 2.37. The van der Waals surface area contributed by atoms with Crippen LogP contribution in [0.2, 0.25) is 0 Å². The molecule has 96 valence electrons. The number of halogens is 1. The molecule has 0 saturated heterocycles. The first-order valence-electron chi connectivity index (χ1n) is 5.88. The fraction of sp³-hybridized carbons (Fsp3) is 0.538. The second kappa shape index (κ2) is 7.56. The highest BCUT2D eigenvalue weighted by molar-refractivity contribution is 7.99. The van der Waals surface area contributed by atoms with E-state index in [9.17, 15) is 9.50 Å². The third kappa shape index (κ3) is 5.41. The van der Waals surface area contributed by atoms with Crippen LogP contribution < -0.4 is 5.32 Å². The molecule has 0 fully saturated rings. The molecule has 1 unspecified atom stereocenters. The minimum atomic E-state index is -0.243. The first kappa shape index (κ1) is 14.3. The molecule has 0 saturated carbocycles. The van der Waals surface area contributed by atoms with Crippen LogP contribution in [0.4, 0.5) is 10.1 Å². The lowest BCUT2D eigenvalue weighted by Crippen LogP contribution is -2.24. The normalized spacial score (nSPS) is 12.5. The van der Waals surface area contributed by atoms with Crippen molar-refractivity contribution < 1.29 is 9.50 Å². The van der Waals surface area contributed by atoms with Crippen molar-refractivity contribution in [3.8, 4) is 0 Å². The van der Waals surface area contributed by atoms with E-state index in [0.717, 1.165) is 29.2 Å². The van der Waals surface area contributed by atoms with Gasteiger partial charge in [-0.3, -0.25) is 0 Å². The lowest BCUT2D eigenvalue weighted by atomic mass is 10.2. The van der Waals surface area contributed by atoms with Crippen LogP contribution in [-0.2, 0) is 0 Å². The number of aliphatic hydroxyl groups excluding tert-OH is 1. The highest BCUT2D eigenvalue weighted by atomic mass is 32.2. The van der Waals surface area contributed by atoms with E-state index in [2.05, 4.69) is 12.2 Å². The third-order valence-electron chi connectivity index (χ3n) is 2.45. The third-order valence-corrected chi connectivity index (χ3v) is 3.38. The number of aliphatic hydroxyl groups is 1. The maximum Gasteiger partial charge on any atom is 0.125 e. The molecule has 0 amide bonds. The molecule has 0 bridgehead atoms. The zero-order valence-electron chi connectivity index (χ0n) is 10.4. The standard InChI is InChI=1S/C13H20FNOS/c1-3-17-5-4-12(9-16)15-13-7-10(2)6-11(14)8-13/h6-8,12,15-16H,3-5,9H2,1-2H3. The molecule has 2 nitrogen and oxygen atoms in total. The molecule has 0 spiro atoms. The highest BCUT2D eigenvalue weighted by Gasteiger charge is 2.07. The predicted molar refractivity (Wildman–Crippen MR) is 73.2 cm³/mol. The molecule has 17 heavy (non-hydrogen) atoms. The molecule has 0 aliphatic rings. The van der Waals surface area contributed by atoms with Gasteiger partial charge in [-0.25, -0.2) is 4.39 Å². The second-order valence-electron chi connectivity index (χ2n) is 4.03. The van der Waals surface area contributed by atoms with Gasteiger partial charge in [0.05, 0.1) is 6.61 Å². The van der Waals surface area contributed by atoms with E-state index in [4.69, 9.17) is 0 Å². The van der Waals surface area contributed by atoms with Crippen molar-refractivity contribution in [2.45, 2.75) is 26.3 Å². The number of anilines is 1. The molecule has 1 aromatic rings. The van der Waals surface area contributed by atoms with Crippen molar-refractivity contribution in [1.29, 1.82) is 0 Å². The molecular formula is C13H20FNOS. The van der Waals surface area contributed by atoms with Gasteiger partial charge in [0.2, 0.25) is 0 Å². The van der Waals surface area contributed by atoms with Crippen molar-refractivity contribution in [2.24, 2.45) is 0 Å². The molecule has 0 aliphatic heterocycles. The Hall–Kier alpha value is -0.740. The zero-order valence-corrected chi connectivity index (χ0v) is 11.2. The maximum absolute atomic E-state index is 13.2. The molecule has 2 N–H and O–H groups in total. The summed E-state index contributed by atoms with van der Waals surface area (Å²) in [5.41, 5.74) is 1.62. The molecular weight excluding hydrogens is 237 g/mol. The Morgan fingerprint density at radius 3 is 2.76 bits per heavy atom. The summed E-state index contributed by atoms with van der Waals surface area (Å²) in [5.74, 6) is 1.84. The molecule has 4 heteroatoms. The summed E-state index contributed by atoms with van der Waals surface area (Å²) >= 11 is 1.84. The fourth-order valence-electron chi connectivity index (χ4n) is 1.63. The van der Waals surface area contributed by atoms with Crippen LogP contribution in [-0.4, -0.2) is 29.3 Å². The van der Waals surface area contributed by atoms with E-state index in [1.807, 2.05) is 24.8 Å². The number of nitrogens with one attached hydrogen (secondary N) is 1. The molecule has 0 heterocycles. The monoisotopic (exact) mass is 257 g/mol. The molecule has 1 atom stereocenters. The van der Waals surface area contributed by atoms with Crippen LogP contribution in [0, 0.1) is 12.7 Å². The summed E-state index contributed by atoms with van der Waals surface area (Å²) in [4.78, 5) is 0. The lowest BCUT2D eigenvalue weighted by Gasteiger charge is -2.17. The number of thioether (sulfide) groups is 1. The quantitative estimate of drug-likeness (QED) is 0.736. The van der Waals surface area contributed by atoms with Gasteiger partial charge in [0.25, 0.3) is 0 Å². The molecule has 0 aliphatic carbocycles. The largest absolute Gasteiger partial charge is 0.394 e. The topological polar surface area (TPSA) is 32.3 Å². The van der Waals surface area contributed by atoms with E-state index < -0.39 is 0 Å². The van der Waals surface area contributed by atoms with Gasteiger partial charge in [-0.1, -0.05) is 6.92 Å². The second-order valence-corrected chi connectivity index (χ2v) is 5.42. The minimum Gasteiger partial charge on any atom is -0.394 e. The molecule has 1 aromatic carbocycles. The summed E-state index contributed by atoms with van der Waals surface area (Å²) in [5, 5.41) is 12.4. The highest BCUT2D eigenvalue weighted by Crippen LogP contribution is 2.16. The summed E-state index contributed by atoms with van der Waals surface area (Å²) in [6.07, 6.45) is 0.880. The lowest BCUT2D eigenvalue weighted by molar-refractivity contribution is 0.272. The summed E-state index contributed by atoms with van der Waals surface area (Å²) in [7, 11) is 0. The smallest absolute Gasteiger partial charge is 0.125 e. The average molecular weight is 257 g/mol. The molecule has 1 rings (SSSR count). The van der Waals surface area contributed by atoms with Crippen LogP contribution in [0.25, 0.3) is 0 Å². The van der Waals surface area contributed by atoms with Gasteiger partial charge < -0.3 is 10.4 Å². The van der Waals surface area contributed by atoms with Crippen molar-refractivity contribution in [1.82, 2.24) is 0 Å². The van der Waals surface area contributed by atoms with Gasteiger partial charge in [0.15, 0.2) is 0 Å². The first-order valence-corrected chi connectivity index (χ1v) is 7.03. The van der Waals surface area contributed by atoms with Gasteiger partial charge in [-0.15, -0.1) is 0 Å². The van der Waals surface area contributed by atoms with Crippen molar-refractivity contribution in [3.63, 3.8) is 0 Å². The zero-order chi connectivity index (χ0) is 12.7. The Labute approximate surface area is 107 Å². The van der Waals surface area contributed by atoms with E-state index in [1.54, 1.807) is 0 Å². The maximum atomic E-state index is 13.2. The Morgan fingerprint density at radius 2 is 2.18 bits per heavy atom. The summed E-state index contributed by atoms with van der Waals surface area (Å²) < 4.78 is 13.2. The van der Waals surface area contributed by atoms with Crippen LogP contribution in [0.5, 0.6) is 0 Å². The average Bonchev–Trinajstić information content (AvgIpc) is 2.26. The Bertz CT molecular complexity index is 326. The van der Waals surface area contributed by atoms with Gasteiger partial charge in [0, 0.05) is 11.7 Å². The minimum absolute atomic E-state index is 0.00440. The summed E-state index contributed by atoms with van der Waals surface area (Å²) in [6.45, 7) is 4.04.